The summed E-state index contributed by atoms with van der Waals surface area (Å²) in [5, 5.41) is 7.19. The van der Waals surface area contributed by atoms with Gasteiger partial charge in [0.05, 0.1) is 33.7 Å². The molecule has 39 heavy (non-hydrogen) atoms. The van der Waals surface area contributed by atoms with Crippen LogP contribution < -0.4 is 10.2 Å². The number of rotatable bonds is 8. The molecule has 1 saturated heterocycles. The molecule has 0 aliphatic carbocycles. The fourth-order valence-corrected chi connectivity index (χ4v) is 6.92. The van der Waals surface area contributed by atoms with Gasteiger partial charge >= 0.3 is 5.97 Å². The molecular weight excluding hydrogens is 520 g/mol. The maximum atomic E-state index is 13.7. The van der Waals surface area contributed by atoms with E-state index in [1.807, 2.05) is 24.1 Å². The molecule has 2 aliphatic rings. The zero-order valence-corrected chi connectivity index (χ0v) is 22.8. The number of anilines is 3. The van der Waals surface area contributed by atoms with Gasteiger partial charge in [-0.3, -0.25) is 14.3 Å². The second-order valence-electron chi connectivity index (χ2n) is 9.79. The lowest BCUT2D eigenvalue weighted by molar-refractivity contribution is -0.144. The van der Waals surface area contributed by atoms with E-state index >= 15 is 0 Å². The molecule has 1 atom stereocenters. The Bertz CT molecular complexity index is 1480. The summed E-state index contributed by atoms with van der Waals surface area (Å²) >= 11 is 0. The Labute approximate surface area is 227 Å². The van der Waals surface area contributed by atoms with Crippen molar-refractivity contribution in [3.8, 4) is 0 Å². The summed E-state index contributed by atoms with van der Waals surface area (Å²) in [6.45, 7) is 3.26. The van der Waals surface area contributed by atoms with Gasteiger partial charge < -0.3 is 19.7 Å². The number of nitrogens with one attached hydrogen (secondary N) is 1. The summed E-state index contributed by atoms with van der Waals surface area (Å²) in [4.78, 5) is 27.8. The molecule has 10 nitrogen and oxygen atoms in total. The van der Waals surface area contributed by atoms with Crippen LogP contribution in [0.5, 0.6) is 0 Å². The summed E-state index contributed by atoms with van der Waals surface area (Å²) in [5.41, 5.74) is 1.86. The molecule has 1 fully saturated rings. The van der Waals surface area contributed by atoms with Gasteiger partial charge in [0.15, 0.2) is 5.82 Å². The Morgan fingerprint density at radius 1 is 1.10 bits per heavy atom. The number of amides is 1. The van der Waals surface area contributed by atoms with Crippen LogP contribution in [0.2, 0.25) is 0 Å². The number of aromatic nitrogens is 2. The normalized spacial score (nSPS) is 17.1. The Hall–Kier alpha value is -3.70. The average Bonchev–Trinajstić information content (AvgIpc) is 3.37. The van der Waals surface area contributed by atoms with E-state index in [-0.39, 0.29) is 34.8 Å². The Kier molecular flexibility index (Phi) is 7.72. The number of para-hydroxylation sites is 1. The van der Waals surface area contributed by atoms with Crippen LogP contribution in [0.25, 0.3) is 0 Å². The minimum absolute atomic E-state index is 0.0533. The van der Waals surface area contributed by atoms with Gasteiger partial charge in [0.25, 0.3) is 0 Å². The van der Waals surface area contributed by atoms with Gasteiger partial charge in [0.2, 0.25) is 15.7 Å². The van der Waals surface area contributed by atoms with Gasteiger partial charge in [-0.2, -0.15) is 5.10 Å². The van der Waals surface area contributed by atoms with Crippen LogP contribution in [-0.2, 0) is 35.4 Å². The van der Waals surface area contributed by atoms with Crippen molar-refractivity contribution in [1.82, 2.24) is 9.78 Å². The van der Waals surface area contributed by atoms with Gasteiger partial charge in [0, 0.05) is 32.5 Å². The number of fused-ring (bicyclic) bond motifs is 2. The summed E-state index contributed by atoms with van der Waals surface area (Å²) in [5.74, 6) is -0.584. The van der Waals surface area contributed by atoms with Crippen molar-refractivity contribution in [2.75, 3.05) is 37.1 Å². The van der Waals surface area contributed by atoms with Gasteiger partial charge in [-0.15, -0.1) is 0 Å². The first-order valence-corrected chi connectivity index (χ1v) is 14.6. The number of nitrogens with zero attached hydrogens (tertiary/aromatic N) is 3. The number of hydrogen-bond donors (Lipinski definition) is 1. The van der Waals surface area contributed by atoms with Crippen LogP contribution >= 0.6 is 0 Å². The topological polar surface area (TPSA) is 120 Å². The Morgan fingerprint density at radius 2 is 1.85 bits per heavy atom. The SMILES string of the molecule is CCOC(=O)Cn1ccc(NC(=O)C(CC2CCOCC2)c2ccc3c(c2)N(C)c2ccccc2S3(=O)=O)n1. The van der Waals surface area contributed by atoms with Crippen molar-refractivity contribution >= 4 is 38.9 Å². The highest BCUT2D eigenvalue weighted by Gasteiger charge is 2.34. The lowest BCUT2D eigenvalue weighted by Crippen LogP contribution is -2.27. The third kappa shape index (κ3) is 5.55. The lowest BCUT2D eigenvalue weighted by Gasteiger charge is -2.31. The molecule has 206 valence electrons. The Morgan fingerprint density at radius 3 is 2.62 bits per heavy atom. The number of carbonyl (C=O) groups excluding carboxylic acids is 2. The second-order valence-corrected chi connectivity index (χ2v) is 11.7. The standard InChI is InChI=1S/C28H32N4O6S/c1-3-38-27(33)18-32-13-10-26(30-32)29-28(34)21(16-19-11-14-37-15-12-19)20-8-9-25-23(17-20)31(2)22-6-4-5-7-24(22)39(25,35)36/h4-10,13,17,19,21H,3,11-12,14-16,18H2,1-2H3,(H,29,30,34). The van der Waals surface area contributed by atoms with Crippen molar-refractivity contribution in [2.45, 2.75) is 48.4 Å². The van der Waals surface area contributed by atoms with Gasteiger partial charge in [-0.05, 0) is 61.9 Å². The van der Waals surface area contributed by atoms with Crippen molar-refractivity contribution in [3.63, 3.8) is 0 Å². The monoisotopic (exact) mass is 552 g/mol. The molecule has 3 aromatic rings. The molecule has 1 unspecified atom stereocenters. The highest BCUT2D eigenvalue weighted by molar-refractivity contribution is 7.92. The number of esters is 1. The van der Waals surface area contributed by atoms with E-state index in [2.05, 4.69) is 10.4 Å². The molecule has 2 aliphatic heterocycles. The first-order valence-electron chi connectivity index (χ1n) is 13.1. The second kappa shape index (κ2) is 11.2. The maximum Gasteiger partial charge on any atom is 0.327 e. The van der Waals surface area contributed by atoms with Gasteiger partial charge in [-0.1, -0.05) is 18.2 Å². The van der Waals surface area contributed by atoms with Gasteiger partial charge in [0.1, 0.15) is 6.54 Å². The van der Waals surface area contributed by atoms with E-state index in [4.69, 9.17) is 9.47 Å². The van der Waals surface area contributed by atoms with Crippen LogP contribution in [0.15, 0.2) is 64.5 Å². The first-order chi connectivity index (χ1) is 18.8. The van der Waals surface area contributed by atoms with Gasteiger partial charge in [-0.25, -0.2) is 8.42 Å². The highest BCUT2D eigenvalue weighted by Crippen LogP contribution is 2.44. The average molecular weight is 553 g/mol. The molecular formula is C28H32N4O6S. The van der Waals surface area contributed by atoms with E-state index < -0.39 is 21.7 Å². The van der Waals surface area contributed by atoms with Crippen LogP contribution in [-0.4, -0.2) is 56.9 Å². The maximum absolute atomic E-state index is 13.7. The minimum Gasteiger partial charge on any atom is -0.465 e. The molecule has 1 aromatic heterocycles. The summed E-state index contributed by atoms with van der Waals surface area (Å²) in [6.07, 6.45) is 3.90. The van der Waals surface area contributed by atoms with Crippen LogP contribution in [0.4, 0.5) is 17.2 Å². The molecule has 2 aromatic carbocycles. The number of sulfone groups is 1. The molecule has 0 spiro atoms. The van der Waals surface area contributed by atoms with Crippen LogP contribution in [0, 0.1) is 5.92 Å². The van der Waals surface area contributed by atoms with E-state index in [0.29, 0.717) is 36.8 Å². The van der Waals surface area contributed by atoms with Crippen LogP contribution in [0.3, 0.4) is 0 Å². The molecule has 11 heteroatoms. The predicted octanol–water partition coefficient (Wildman–Crippen LogP) is 3.90. The van der Waals surface area contributed by atoms with E-state index in [9.17, 15) is 18.0 Å². The summed E-state index contributed by atoms with van der Waals surface area (Å²) in [7, 11) is -1.86. The van der Waals surface area contributed by atoms with Crippen molar-refractivity contribution in [1.29, 1.82) is 0 Å². The number of hydrogen-bond acceptors (Lipinski definition) is 8. The molecule has 0 radical (unpaired) electrons. The summed E-state index contributed by atoms with van der Waals surface area (Å²) < 4.78 is 38.6. The quantitative estimate of drug-likeness (QED) is 0.418. The number of ether oxygens (including phenoxy) is 2. The first kappa shape index (κ1) is 26.9. The van der Waals surface area contributed by atoms with Crippen LogP contribution in [0.1, 0.15) is 37.7 Å². The third-order valence-electron chi connectivity index (χ3n) is 7.27. The van der Waals surface area contributed by atoms with Crippen molar-refractivity contribution < 1.29 is 27.5 Å². The fraction of sp³-hybridized carbons (Fsp3) is 0.393. The number of benzene rings is 2. The predicted molar refractivity (Wildman–Crippen MR) is 145 cm³/mol. The molecule has 0 saturated carbocycles. The molecule has 1 amide bonds. The molecule has 3 heterocycles. The smallest absolute Gasteiger partial charge is 0.327 e. The van der Waals surface area contributed by atoms with Crippen molar-refractivity contribution in [2.24, 2.45) is 5.92 Å². The zero-order chi connectivity index (χ0) is 27.6. The largest absolute Gasteiger partial charge is 0.465 e. The fourth-order valence-electron chi connectivity index (χ4n) is 5.23. The highest BCUT2D eigenvalue weighted by atomic mass is 32.2. The zero-order valence-electron chi connectivity index (χ0n) is 22.0. The van der Waals surface area contributed by atoms with E-state index in [1.165, 1.54) is 4.68 Å². The van der Waals surface area contributed by atoms with Crippen molar-refractivity contribution in [3.05, 3.63) is 60.3 Å². The molecule has 0 bridgehead atoms. The van der Waals surface area contributed by atoms with E-state index in [1.54, 1.807) is 49.5 Å². The molecule has 1 N–H and O–H groups in total. The number of carbonyl (C=O) groups is 2. The lowest BCUT2D eigenvalue weighted by atomic mass is 9.84. The summed E-state index contributed by atoms with van der Waals surface area (Å²) in [6, 6.07) is 13.7. The minimum atomic E-state index is -3.69. The Balaban J connectivity index is 1.44. The van der Waals surface area contributed by atoms with E-state index in [0.717, 1.165) is 18.4 Å². The molecule has 5 rings (SSSR count). The third-order valence-corrected chi connectivity index (χ3v) is 9.12.